The molecule has 2 N–H and O–H groups in total. The van der Waals surface area contributed by atoms with E-state index in [2.05, 4.69) is 5.32 Å². The largest absolute Gasteiger partial charge is 0.478 e. The fourth-order valence-corrected chi connectivity index (χ4v) is 1.43. The Morgan fingerprint density at radius 3 is 2.58 bits per heavy atom. The number of carboxylic acid groups (broad SMARTS) is 1. The van der Waals surface area contributed by atoms with Crippen LogP contribution in [0.5, 0.6) is 0 Å². The number of nitrogens with one attached hydrogen (secondary N) is 1. The van der Waals surface area contributed by atoms with Crippen molar-refractivity contribution >= 4 is 12.1 Å². The summed E-state index contributed by atoms with van der Waals surface area (Å²) in [5.41, 5.74) is 0.791. The second kappa shape index (κ2) is 8.10. The number of ether oxygens (including phenoxy) is 2. The number of aliphatic carboxylic acids is 1. The van der Waals surface area contributed by atoms with Gasteiger partial charge in [-0.05, 0) is 5.56 Å². The molecule has 0 fully saturated rings. The molecule has 0 bridgehead atoms. The fraction of sp³-hybridized carbons (Fsp3) is 0.385. The third-order valence-corrected chi connectivity index (χ3v) is 2.36. The topological polar surface area (TPSA) is 84.9 Å². The maximum Gasteiger partial charge on any atom is 0.408 e. The Bertz CT molecular complexity index is 407. The highest BCUT2D eigenvalue weighted by Crippen LogP contribution is 2.06. The van der Waals surface area contributed by atoms with Gasteiger partial charge in [0.05, 0.1) is 6.61 Å². The normalized spacial score (nSPS) is 11.6. The molecule has 0 aliphatic rings. The molecule has 0 saturated carbocycles. The van der Waals surface area contributed by atoms with Gasteiger partial charge >= 0.3 is 12.1 Å². The van der Waals surface area contributed by atoms with Gasteiger partial charge in [-0.15, -0.1) is 0 Å². The van der Waals surface area contributed by atoms with Crippen LogP contribution < -0.4 is 5.32 Å². The molecule has 0 aliphatic heterocycles. The van der Waals surface area contributed by atoms with Gasteiger partial charge in [-0.1, -0.05) is 30.3 Å². The lowest BCUT2D eigenvalue weighted by molar-refractivity contribution is -0.146. The van der Waals surface area contributed by atoms with Crippen molar-refractivity contribution in [2.24, 2.45) is 0 Å². The molecule has 0 heterocycles. The van der Waals surface area contributed by atoms with Crippen LogP contribution in [0, 0.1) is 0 Å². The van der Waals surface area contributed by atoms with E-state index < -0.39 is 18.2 Å². The summed E-state index contributed by atoms with van der Waals surface area (Å²) in [5.74, 6) is -1.18. The number of hydrogen-bond acceptors (Lipinski definition) is 4. The molecule has 0 saturated heterocycles. The van der Waals surface area contributed by atoms with Crippen molar-refractivity contribution in [3.63, 3.8) is 0 Å². The van der Waals surface area contributed by atoms with Crippen LogP contribution in [-0.2, 0) is 20.7 Å². The zero-order chi connectivity index (χ0) is 14.1. The predicted octanol–water partition coefficient (Wildman–Crippen LogP) is 1.05. The van der Waals surface area contributed by atoms with Crippen molar-refractivity contribution in [3.05, 3.63) is 35.9 Å². The Morgan fingerprint density at radius 2 is 2.00 bits per heavy atom. The molecule has 1 amide bonds. The molecule has 0 radical (unpaired) electrons. The zero-order valence-electron chi connectivity index (χ0n) is 10.7. The Balaban J connectivity index is 2.49. The van der Waals surface area contributed by atoms with Crippen molar-refractivity contribution in [3.8, 4) is 0 Å². The highest BCUT2D eigenvalue weighted by molar-refractivity contribution is 5.77. The molecule has 1 atom stereocenters. The summed E-state index contributed by atoms with van der Waals surface area (Å²) in [6.07, 6.45) is -1.83. The van der Waals surface area contributed by atoms with Crippen LogP contribution in [0.15, 0.2) is 30.3 Å². The Labute approximate surface area is 111 Å². The minimum absolute atomic E-state index is 0.133. The number of carbonyl (C=O) groups is 2. The SMILES string of the molecule is COCCNC(=O)O[C@@H](Cc1ccccc1)C(=O)O. The van der Waals surface area contributed by atoms with E-state index >= 15 is 0 Å². The summed E-state index contributed by atoms with van der Waals surface area (Å²) in [5, 5.41) is 11.4. The lowest BCUT2D eigenvalue weighted by Gasteiger charge is -2.14. The monoisotopic (exact) mass is 267 g/mol. The summed E-state index contributed by atoms with van der Waals surface area (Å²) in [4.78, 5) is 22.4. The Kier molecular flexibility index (Phi) is 6.38. The first-order valence-electron chi connectivity index (χ1n) is 5.83. The molecule has 0 aromatic heterocycles. The minimum Gasteiger partial charge on any atom is -0.478 e. The van der Waals surface area contributed by atoms with Crippen LogP contribution in [-0.4, -0.2) is 43.5 Å². The van der Waals surface area contributed by atoms with Crippen LogP contribution in [0.2, 0.25) is 0 Å². The molecule has 6 nitrogen and oxygen atoms in total. The van der Waals surface area contributed by atoms with Gasteiger partial charge < -0.3 is 19.9 Å². The minimum atomic E-state index is -1.20. The summed E-state index contributed by atoms with van der Waals surface area (Å²) >= 11 is 0. The van der Waals surface area contributed by atoms with Crippen LogP contribution >= 0.6 is 0 Å². The van der Waals surface area contributed by atoms with Crippen LogP contribution in [0.4, 0.5) is 4.79 Å². The van der Waals surface area contributed by atoms with E-state index in [1.807, 2.05) is 6.07 Å². The smallest absolute Gasteiger partial charge is 0.408 e. The van der Waals surface area contributed by atoms with E-state index in [1.54, 1.807) is 24.3 Å². The van der Waals surface area contributed by atoms with Crippen LogP contribution in [0.3, 0.4) is 0 Å². The van der Waals surface area contributed by atoms with Gasteiger partial charge in [-0.2, -0.15) is 0 Å². The molecule has 1 aromatic carbocycles. The summed E-state index contributed by atoms with van der Waals surface area (Å²) in [7, 11) is 1.50. The van der Waals surface area contributed by atoms with Gasteiger partial charge in [0.2, 0.25) is 6.10 Å². The Morgan fingerprint density at radius 1 is 1.32 bits per heavy atom. The maximum atomic E-state index is 11.4. The van der Waals surface area contributed by atoms with E-state index in [4.69, 9.17) is 14.6 Å². The molecule has 1 rings (SSSR count). The van der Waals surface area contributed by atoms with E-state index in [0.717, 1.165) is 5.56 Å². The van der Waals surface area contributed by atoms with Gasteiger partial charge in [0, 0.05) is 20.1 Å². The number of carboxylic acids is 1. The molecule has 0 unspecified atom stereocenters. The quantitative estimate of drug-likeness (QED) is 0.721. The summed E-state index contributed by atoms with van der Waals surface area (Å²) in [6, 6.07) is 8.99. The highest BCUT2D eigenvalue weighted by Gasteiger charge is 2.22. The first-order chi connectivity index (χ1) is 9.13. The number of amides is 1. The van der Waals surface area contributed by atoms with Gasteiger partial charge in [0.15, 0.2) is 0 Å². The van der Waals surface area contributed by atoms with Crippen LogP contribution in [0.25, 0.3) is 0 Å². The second-order valence-corrected chi connectivity index (χ2v) is 3.84. The first kappa shape index (κ1) is 15.0. The van der Waals surface area contributed by atoms with E-state index in [-0.39, 0.29) is 13.0 Å². The number of hydrogen-bond donors (Lipinski definition) is 2. The predicted molar refractivity (Wildman–Crippen MR) is 67.9 cm³/mol. The molecule has 104 valence electrons. The van der Waals surface area contributed by atoms with E-state index in [0.29, 0.717) is 6.61 Å². The standard InChI is InChI=1S/C13H17NO5/c1-18-8-7-14-13(17)19-11(12(15)16)9-10-5-3-2-4-6-10/h2-6,11H,7-9H2,1H3,(H,14,17)(H,15,16)/t11-/m0/s1. The lowest BCUT2D eigenvalue weighted by Crippen LogP contribution is -2.35. The number of carbonyl (C=O) groups excluding carboxylic acids is 1. The molecule has 0 aliphatic carbocycles. The maximum absolute atomic E-state index is 11.4. The third kappa shape index (κ3) is 5.87. The van der Waals surface area contributed by atoms with Crippen molar-refractivity contribution < 1.29 is 24.2 Å². The number of benzene rings is 1. The number of methoxy groups -OCH3 is 1. The molecule has 19 heavy (non-hydrogen) atoms. The van der Waals surface area contributed by atoms with Gasteiger partial charge in [-0.25, -0.2) is 9.59 Å². The zero-order valence-corrected chi connectivity index (χ0v) is 10.7. The fourth-order valence-electron chi connectivity index (χ4n) is 1.43. The second-order valence-electron chi connectivity index (χ2n) is 3.84. The molecule has 0 spiro atoms. The molecule has 1 aromatic rings. The first-order valence-corrected chi connectivity index (χ1v) is 5.83. The van der Waals surface area contributed by atoms with Crippen molar-refractivity contribution in [2.75, 3.05) is 20.3 Å². The van der Waals surface area contributed by atoms with Gasteiger partial charge in [0.1, 0.15) is 0 Å². The van der Waals surface area contributed by atoms with E-state index in [9.17, 15) is 9.59 Å². The number of rotatable bonds is 7. The summed E-state index contributed by atoms with van der Waals surface area (Å²) < 4.78 is 9.61. The average molecular weight is 267 g/mol. The molecule has 6 heteroatoms. The molecular weight excluding hydrogens is 250 g/mol. The lowest BCUT2D eigenvalue weighted by atomic mass is 10.1. The van der Waals surface area contributed by atoms with Gasteiger partial charge in [0.25, 0.3) is 0 Å². The van der Waals surface area contributed by atoms with Crippen molar-refractivity contribution in [2.45, 2.75) is 12.5 Å². The third-order valence-electron chi connectivity index (χ3n) is 2.36. The van der Waals surface area contributed by atoms with Crippen molar-refractivity contribution in [1.82, 2.24) is 5.32 Å². The molecular formula is C13H17NO5. The Hall–Kier alpha value is -2.08. The number of alkyl carbamates (subject to hydrolysis) is 1. The summed E-state index contributed by atoms with van der Waals surface area (Å²) in [6.45, 7) is 0.610. The van der Waals surface area contributed by atoms with E-state index in [1.165, 1.54) is 7.11 Å². The van der Waals surface area contributed by atoms with Gasteiger partial charge in [-0.3, -0.25) is 0 Å². The van der Waals surface area contributed by atoms with Crippen LogP contribution in [0.1, 0.15) is 5.56 Å². The van der Waals surface area contributed by atoms with Crippen molar-refractivity contribution in [1.29, 1.82) is 0 Å². The average Bonchev–Trinajstić information content (AvgIpc) is 2.39. The highest BCUT2D eigenvalue weighted by atomic mass is 16.6.